The van der Waals surface area contributed by atoms with Gasteiger partial charge in [0.1, 0.15) is 11.5 Å². The zero-order valence-corrected chi connectivity index (χ0v) is 33.7. The van der Waals surface area contributed by atoms with E-state index in [0.29, 0.717) is 0 Å². The molecule has 0 saturated carbocycles. The van der Waals surface area contributed by atoms with Crippen molar-refractivity contribution < 1.29 is 9.73 Å². The Morgan fingerprint density at radius 2 is 0.968 bits per heavy atom. The number of pyridine rings is 1. The minimum Gasteiger partial charge on any atom is -0.457 e. The molecule has 62 heavy (non-hydrogen) atoms. The Balaban J connectivity index is 0.892. The van der Waals surface area contributed by atoms with Gasteiger partial charge >= 0.3 is 5.84 Å². The molecule has 8 aromatic carbocycles. The second kappa shape index (κ2) is 14.5. The lowest BCUT2D eigenvalue weighted by atomic mass is 9.66. The molecular formula is C57H39N4O+. The van der Waals surface area contributed by atoms with Gasteiger partial charge in [-0.15, -0.1) is 0 Å². The van der Waals surface area contributed by atoms with Crippen LogP contribution in [0, 0.1) is 0 Å². The molecule has 0 amide bonds. The van der Waals surface area contributed by atoms with Crippen LogP contribution in [0.5, 0.6) is 11.5 Å². The van der Waals surface area contributed by atoms with Gasteiger partial charge in [0, 0.05) is 34.0 Å². The van der Waals surface area contributed by atoms with Crippen molar-refractivity contribution in [3.63, 3.8) is 0 Å². The van der Waals surface area contributed by atoms with Gasteiger partial charge in [0.05, 0.1) is 16.7 Å². The Labute approximate surface area is 360 Å². The van der Waals surface area contributed by atoms with E-state index in [-0.39, 0.29) is 6.17 Å². The number of hydrogen-bond donors (Lipinski definition) is 2. The Hall–Kier alpha value is -8.15. The third-order valence-electron chi connectivity index (χ3n) is 12.6. The zero-order chi connectivity index (χ0) is 41.0. The summed E-state index contributed by atoms with van der Waals surface area (Å²) < 4.78 is 6.54. The van der Waals surface area contributed by atoms with E-state index >= 15 is 0 Å². The summed E-state index contributed by atoms with van der Waals surface area (Å²) in [6.07, 6.45) is 1.74. The SMILES string of the molecule is c1ccc(-c2ccc(C3=[NH+]C(c4ccccc4)NC(c4cccc(-c5ccc(-c6ccc7c(c6)C6(c8ccccc8Oc8ccccc86)c6cccnc6-7)cc5)c4)=N3)cc2)cc1. The standard InChI is InChI=1S/C57H38N4O/c1-3-13-37(14-4-1)38-28-30-42(31-29-38)55-59-54(41-15-5-2-6-16-41)60-56(61-55)45-18-11-17-43(35-45)39-24-26-40(27-25-39)44-32-33-46-50(36-44)57(49-21-12-34-58-53(46)49)47-19-7-9-22-51(47)62-52-23-10-8-20-48(52)57/h1-36,54H,(H,59,60,61)/p+1. The molecule has 9 aromatic rings. The summed E-state index contributed by atoms with van der Waals surface area (Å²) in [6.45, 7) is 0. The highest BCUT2D eigenvalue weighted by Gasteiger charge is 2.51. The van der Waals surface area contributed by atoms with Crippen LogP contribution in [-0.4, -0.2) is 16.7 Å². The van der Waals surface area contributed by atoms with Gasteiger partial charge in [-0.2, -0.15) is 0 Å². The largest absolute Gasteiger partial charge is 0.457 e. The number of aliphatic imine (C=N–C) groups is 1. The molecule has 1 atom stereocenters. The maximum Gasteiger partial charge on any atom is 0.328 e. The average molecular weight is 796 g/mol. The van der Waals surface area contributed by atoms with Gasteiger partial charge in [-0.25, -0.2) is 4.99 Å². The molecule has 0 radical (unpaired) electrons. The molecule has 1 aromatic heterocycles. The molecule has 5 nitrogen and oxygen atoms in total. The van der Waals surface area contributed by atoms with Crippen LogP contribution in [0.3, 0.4) is 0 Å². The van der Waals surface area contributed by atoms with Crippen molar-refractivity contribution in [3.8, 4) is 56.1 Å². The number of nitrogens with one attached hydrogen (secondary N) is 2. The Morgan fingerprint density at radius 3 is 1.68 bits per heavy atom. The number of ether oxygens (including phenoxy) is 1. The summed E-state index contributed by atoms with van der Waals surface area (Å²) in [5, 5.41) is 3.70. The second-order valence-corrected chi connectivity index (χ2v) is 16.0. The quantitative estimate of drug-likeness (QED) is 0.176. The fourth-order valence-electron chi connectivity index (χ4n) is 9.63. The molecule has 0 fully saturated rings. The van der Waals surface area contributed by atoms with Crippen LogP contribution >= 0.6 is 0 Å². The van der Waals surface area contributed by atoms with E-state index in [4.69, 9.17) is 14.7 Å². The van der Waals surface area contributed by atoms with Crippen molar-refractivity contribution in [1.29, 1.82) is 0 Å². The predicted octanol–water partition coefficient (Wildman–Crippen LogP) is 11.1. The molecule has 2 N–H and O–H groups in total. The van der Waals surface area contributed by atoms with Crippen LogP contribution in [0.1, 0.15) is 45.1 Å². The smallest absolute Gasteiger partial charge is 0.328 e. The van der Waals surface area contributed by atoms with Gasteiger partial charge in [0.2, 0.25) is 0 Å². The molecule has 2 aliphatic heterocycles. The van der Waals surface area contributed by atoms with E-state index in [0.717, 1.165) is 84.5 Å². The first kappa shape index (κ1) is 35.8. The number of nitrogens with zero attached hydrogens (tertiary/aromatic N) is 2. The van der Waals surface area contributed by atoms with E-state index in [9.17, 15) is 0 Å². The first-order chi connectivity index (χ1) is 30.7. The summed E-state index contributed by atoms with van der Waals surface area (Å²) in [5.41, 5.74) is 16.4. The summed E-state index contributed by atoms with van der Waals surface area (Å²) in [4.78, 5) is 13.8. The topological polar surface area (TPSA) is 60.5 Å². The van der Waals surface area contributed by atoms with Crippen LogP contribution < -0.4 is 15.0 Å². The summed E-state index contributed by atoms with van der Waals surface area (Å²) in [5.74, 6) is 3.39. The molecule has 3 heterocycles. The number of para-hydroxylation sites is 2. The Kier molecular flexibility index (Phi) is 8.39. The number of fused-ring (bicyclic) bond motifs is 9. The van der Waals surface area contributed by atoms with E-state index in [1.165, 1.54) is 22.3 Å². The van der Waals surface area contributed by atoms with Gasteiger partial charge in [-0.3, -0.25) is 4.98 Å². The number of rotatable bonds is 6. The molecule has 1 unspecified atom stereocenters. The van der Waals surface area contributed by atoms with E-state index in [1.807, 2.05) is 30.5 Å². The lowest BCUT2D eigenvalue weighted by Gasteiger charge is -2.39. The molecule has 3 aliphatic rings. The number of benzene rings is 8. The summed E-state index contributed by atoms with van der Waals surface area (Å²) in [6, 6.07) is 75.2. The van der Waals surface area contributed by atoms with Crippen molar-refractivity contribution in [1.82, 2.24) is 10.3 Å². The minimum absolute atomic E-state index is 0.159. The first-order valence-corrected chi connectivity index (χ1v) is 21.1. The van der Waals surface area contributed by atoms with Gasteiger partial charge in [-0.05, 0) is 98.0 Å². The molecule has 1 aliphatic carbocycles. The Bertz CT molecular complexity index is 3180. The molecule has 5 heteroatoms. The van der Waals surface area contributed by atoms with E-state index in [2.05, 4.69) is 198 Å². The maximum absolute atomic E-state index is 6.54. The highest BCUT2D eigenvalue weighted by Crippen LogP contribution is 2.61. The van der Waals surface area contributed by atoms with Crippen molar-refractivity contribution >= 4 is 11.7 Å². The zero-order valence-electron chi connectivity index (χ0n) is 33.7. The third kappa shape index (κ3) is 5.81. The van der Waals surface area contributed by atoms with Crippen molar-refractivity contribution in [2.24, 2.45) is 4.99 Å². The molecule has 1 spiro atoms. The first-order valence-electron chi connectivity index (χ1n) is 21.1. The van der Waals surface area contributed by atoms with E-state index < -0.39 is 5.41 Å². The minimum atomic E-state index is -0.561. The second-order valence-electron chi connectivity index (χ2n) is 16.0. The number of amidine groups is 2. The monoisotopic (exact) mass is 795 g/mol. The highest BCUT2D eigenvalue weighted by atomic mass is 16.5. The van der Waals surface area contributed by atoms with Gasteiger partial charge in [0.15, 0.2) is 6.17 Å². The molecule has 292 valence electrons. The summed E-state index contributed by atoms with van der Waals surface area (Å²) >= 11 is 0. The van der Waals surface area contributed by atoms with Crippen LogP contribution in [0.15, 0.2) is 224 Å². The maximum atomic E-state index is 6.54. The lowest BCUT2D eigenvalue weighted by Crippen LogP contribution is -2.80. The summed E-state index contributed by atoms with van der Waals surface area (Å²) in [7, 11) is 0. The molecule has 0 saturated heterocycles. The lowest BCUT2D eigenvalue weighted by molar-refractivity contribution is -0.516. The molecule has 0 bridgehead atoms. The number of hydrogen-bond acceptors (Lipinski definition) is 4. The van der Waals surface area contributed by atoms with Crippen LogP contribution in [0.25, 0.3) is 44.6 Å². The van der Waals surface area contributed by atoms with Crippen molar-refractivity contribution in [2.75, 3.05) is 0 Å². The predicted molar refractivity (Wildman–Crippen MR) is 248 cm³/mol. The normalized spacial score (nSPS) is 15.2. The fourth-order valence-corrected chi connectivity index (χ4v) is 9.63. The van der Waals surface area contributed by atoms with Gasteiger partial charge in [-0.1, -0.05) is 164 Å². The third-order valence-corrected chi connectivity index (χ3v) is 12.6. The van der Waals surface area contributed by atoms with Gasteiger partial charge in [0.25, 0.3) is 5.84 Å². The fraction of sp³-hybridized carbons (Fsp3) is 0.0351. The van der Waals surface area contributed by atoms with Crippen LogP contribution in [0.2, 0.25) is 0 Å². The highest BCUT2D eigenvalue weighted by molar-refractivity contribution is 6.11. The van der Waals surface area contributed by atoms with Gasteiger partial charge < -0.3 is 10.1 Å². The molecule has 12 rings (SSSR count). The van der Waals surface area contributed by atoms with Crippen molar-refractivity contribution in [3.05, 3.63) is 257 Å². The van der Waals surface area contributed by atoms with Crippen LogP contribution in [0.4, 0.5) is 0 Å². The van der Waals surface area contributed by atoms with Crippen molar-refractivity contribution in [2.45, 2.75) is 11.6 Å². The van der Waals surface area contributed by atoms with Crippen LogP contribution in [-0.2, 0) is 5.41 Å². The number of aromatic nitrogens is 1. The van der Waals surface area contributed by atoms with E-state index in [1.54, 1.807) is 0 Å². The average Bonchev–Trinajstić information content (AvgIpc) is 3.64. The Morgan fingerprint density at radius 1 is 0.435 bits per heavy atom. The molecular weight excluding hydrogens is 757 g/mol.